The maximum Gasteiger partial charge on any atom is 0.227 e. The Hall–Kier alpha value is -2.90. The molecule has 1 aliphatic carbocycles. The van der Waals surface area contributed by atoms with Gasteiger partial charge >= 0.3 is 0 Å². The Kier molecular flexibility index (Phi) is 4.49. The summed E-state index contributed by atoms with van der Waals surface area (Å²) in [6.07, 6.45) is 4.89. The Balaban J connectivity index is 1.44. The van der Waals surface area contributed by atoms with Gasteiger partial charge in [0.25, 0.3) is 0 Å². The van der Waals surface area contributed by atoms with Crippen LogP contribution in [0, 0.1) is 11.8 Å². The van der Waals surface area contributed by atoms with Crippen LogP contribution in [-0.4, -0.2) is 62.5 Å². The molecule has 3 heterocycles. The molecule has 2 aliphatic rings. The SMILES string of the molecule is CN(C)C(=O)CCn1c(Cn2ncc3ccccc32)nnc1N1CCC2CC2C1. The van der Waals surface area contributed by atoms with Gasteiger partial charge in [-0.25, -0.2) is 0 Å². The van der Waals surface area contributed by atoms with E-state index in [1.54, 1.807) is 19.0 Å². The van der Waals surface area contributed by atoms with Crippen LogP contribution in [0.2, 0.25) is 0 Å². The predicted molar refractivity (Wildman–Crippen MR) is 111 cm³/mol. The standard InChI is InChI=1S/C21H27N7O/c1-25(2)20(29)8-10-27-19(14-28-18-6-4-3-5-16(18)12-22-28)23-24-21(27)26-9-7-15-11-17(15)13-26/h3-6,12,15,17H,7-11,13-14H2,1-2H3. The van der Waals surface area contributed by atoms with Crippen LogP contribution in [0.25, 0.3) is 10.9 Å². The van der Waals surface area contributed by atoms with Crippen molar-refractivity contribution in [3.8, 4) is 0 Å². The maximum absolute atomic E-state index is 12.2. The molecule has 0 bridgehead atoms. The fourth-order valence-corrected chi connectivity index (χ4v) is 4.39. The molecular weight excluding hydrogens is 366 g/mol. The molecule has 0 spiro atoms. The summed E-state index contributed by atoms with van der Waals surface area (Å²) in [4.78, 5) is 16.2. The molecule has 2 aromatic heterocycles. The summed E-state index contributed by atoms with van der Waals surface area (Å²) in [7, 11) is 3.59. The van der Waals surface area contributed by atoms with Gasteiger partial charge in [-0.2, -0.15) is 5.10 Å². The molecule has 152 valence electrons. The van der Waals surface area contributed by atoms with Crippen molar-refractivity contribution in [3.63, 3.8) is 0 Å². The molecule has 5 rings (SSSR count). The molecule has 0 N–H and O–H groups in total. The Morgan fingerprint density at radius 2 is 2.07 bits per heavy atom. The Labute approximate surface area is 170 Å². The molecule has 2 unspecified atom stereocenters. The molecule has 1 amide bonds. The normalized spacial score (nSPS) is 20.7. The molecule has 29 heavy (non-hydrogen) atoms. The minimum Gasteiger partial charge on any atom is -0.349 e. The number of hydrogen-bond acceptors (Lipinski definition) is 5. The molecule has 1 saturated heterocycles. The minimum atomic E-state index is 0.112. The first-order chi connectivity index (χ1) is 14.1. The molecule has 1 aliphatic heterocycles. The number of anilines is 1. The summed E-state index contributed by atoms with van der Waals surface area (Å²) in [6, 6.07) is 8.16. The molecule has 1 saturated carbocycles. The van der Waals surface area contributed by atoms with Gasteiger partial charge in [-0.3, -0.25) is 14.0 Å². The third-order valence-corrected chi connectivity index (χ3v) is 6.27. The predicted octanol–water partition coefficient (Wildman–Crippen LogP) is 2.00. The van der Waals surface area contributed by atoms with Crippen molar-refractivity contribution >= 4 is 22.8 Å². The molecule has 2 fully saturated rings. The molecule has 2 atom stereocenters. The number of hydrogen-bond donors (Lipinski definition) is 0. The van der Waals surface area contributed by atoms with E-state index in [0.717, 1.165) is 47.6 Å². The lowest BCUT2D eigenvalue weighted by molar-refractivity contribution is -0.128. The van der Waals surface area contributed by atoms with E-state index in [1.165, 1.54) is 12.8 Å². The van der Waals surface area contributed by atoms with Gasteiger partial charge in [0.15, 0.2) is 5.82 Å². The Bertz CT molecular complexity index is 1040. The van der Waals surface area contributed by atoms with Crippen LogP contribution in [0.3, 0.4) is 0 Å². The molecule has 8 heteroatoms. The van der Waals surface area contributed by atoms with Crippen LogP contribution in [0.1, 0.15) is 25.1 Å². The maximum atomic E-state index is 12.2. The zero-order valence-corrected chi connectivity index (χ0v) is 17.0. The van der Waals surface area contributed by atoms with Crippen LogP contribution < -0.4 is 4.90 Å². The number of rotatable bonds is 6. The highest BCUT2D eigenvalue weighted by atomic mass is 16.2. The summed E-state index contributed by atoms with van der Waals surface area (Å²) in [5.74, 6) is 3.57. The first-order valence-corrected chi connectivity index (χ1v) is 10.4. The van der Waals surface area contributed by atoms with E-state index in [1.807, 2.05) is 23.0 Å². The van der Waals surface area contributed by atoms with E-state index >= 15 is 0 Å². The highest BCUT2D eigenvalue weighted by Gasteiger charge is 2.42. The quantitative estimate of drug-likeness (QED) is 0.641. The van der Waals surface area contributed by atoms with Gasteiger partial charge in [0.05, 0.1) is 11.7 Å². The second-order valence-corrected chi connectivity index (χ2v) is 8.46. The molecule has 1 aromatic carbocycles. The molecular formula is C21H27N7O. The zero-order chi connectivity index (χ0) is 20.0. The van der Waals surface area contributed by atoms with Crippen LogP contribution in [0.15, 0.2) is 30.5 Å². The van der Waals surface area contributed by atoms with Crippen LogP contribution in [0.4, 0.5) is 5.95 Å². The third-order valence-electron chi connectivity index (χ3n) is 6.27. The Morgan fingerprint density at radius 3 is 2.90 bits per heavy atom. The number of carbonyl (C=O) groups is 1. The second-order valence-electron chi connectivity index (χ2n) is 8.46. The largest absolute Gasteiger partial charge is 0.349 e. The van der Waals surface area contributed by atoms with Crippen LogP contribution >= 0.6 is 0 Å². The summed E-state index contributed by atoms with van der Waals surface area (Å²) >= 11 is 0. The molecule has 8 nitrogen and oxygen atoms in total. The lowest BCUT2D eigenvalue weighted by atomic mass is 10.1. The topological polar surface area (TPSA) is 72.1 Å². The number of benzene rings is 1. The lowest BCUT2D eigenvalue weighted by Gasteiger charge is -2.27. The van der Waals surface area contributed by atoms with E-state index in [-0.39, 0.29) is 5.91 Å². The smallest absolute Gasteiger partial charge is 0.227 e. The first kappa shape index (κ1) is 18.1. The van der Waals surface area contributed by atoms with Crippen molar-refractivity contribution in [1.29, 1.82) is 0 Å². The number of carbonyl (C=O) groups excluding carboxylic acids is 1. The van der Waals surface area contributed by atoms with Crippen molar-refractivity contribution in [1.82, 2.24) is 29.4 Å². The van der Waals surface area contributed by atoms with Crippen molar-refractivity contribution in [2.45, 2.75) is 32.4 Å². The van der Waals surface area contributed by atoms with E-state index in [4.69, 9.17) is 0 Å². The van der Waals surface area contributed by atoms with Crippen LogP contribution in [0.5, 0.6) is 0 Å². The van der Waals surface area contributed by atoms with E-state index in [9.17, 15) is 4.79 Å². The highest BCUT2D eigenvalue weighted by molar-refractivity contribution is 5.78. The fourth-order valence-electron chi connectivity index (χ4n) is 4.39. The van der Waals surface area contributed by atoms with Gasteiger partial charge in [0.1, 0.15) is 6.54 Å². The van der Waals surface area contributed by atoms with Gasteiger partial charge in [-0.15, -0.1) is 10.2 Å². The van der Waals surface area contributed by atoms with E-state index in [0.29, 0.717) is 19.5 Å². The van der Waals surface area contributed by atoms with Gasteiger partial charge in [-0.1, -0.05) is 18.2 Å². The van der Waals surface area contributed by atoms with Crippen LogP contribution in [-0.2, 0) is 17.9 Å². The Morgan fingerprint density at radius 1 is 1.21 bits per heavy atom. The summed E-state index contributed by atoms with van der Waals surface area (Å²) in [6.45, 7) is 3.19. The summed E-state index contributed by atoms with van der Waals surface area (Å²) < 4.78 is 4.08. The summed E-state index contributed by atoms with van der Waals surface area (Å²) in [5, 5.41) is 14.7. The number of amides is 1. The van der Waals surface area contributed by atoms with Gasteiger partial charge in [0.2, 0.25) is 11.9 Å². The summed E-state index contributed by atoms with van der Waals surface area (Å²) in [5.41, 5.74) is 1.08. The van der Waals surface area contributed by atoms with Crippen molar-refractivity contribution in [3.05, 3.63) is 36.3 Å². The van der Waals surface area contributed by atoms with Crippen molar-refractivity contribution < 1.29 is 4.79 Å². The number of aromatic nitrogens is 5. The number of nitrogens with zero attached hydrogens (tertiary/aromatic N) is 7. The van der Waals surface area contributed by atoms with Crippen molar-refractivity contribution in [2.24, 2.45) is 11.8 Å². The number of piperidine rings is 1. The monoisotopic (exact) mass is 393 g/mol. The van der Waals surface area contributed by atoms with Gasteiger partial charge in [-0.05, 0) is 30.7 Å². The molecule has 3 aromatic rings. The zero-order valence-electron chi connectivity index (χ0n) is 17.0. The first-order valence-electron chi connectivity index (χ1n) is 10.4. The van der Waals surface area contributed by atoms with E-state index in [2.05, 4.69) is 36.9 Å². The van der Waals surface area contributed by atoms with Gasteiger partial charge < -0.3 is 9.80 Å². The average Bonchev–Trinajstić information content (AvgIpc) is 3.23. The lowest BCUT2D eigenvalue weighted by Crippen LogP contribution is -2.34. The number of fused-ring (bicyclic) bond motifs is 2. The average molecular weight is 393 g/mol. The minimum absolute atomic E-state index is 0.112. The second kappa shape index (κ2) is 7.17. The van der Waals surface area contributed by atoms with E-state index < -0.39 is 0 Å². The van der Waals surface area contributed by atoms with Gasteiger partial charge in [0, 0.05) is 45.5 Å². The third kappa shape index (κ3) is 3.47. The number of para-hydroxylation sites is 1. The molecule has 0 radical (unpaired) electrons. The van der Waals surface area contributed by atoms with Crippen molar-refractivity contribution in [2.75, 3.05) is 32.1 Å². The fraction of sp³-hybridized carbons (Fsp3) is 0.524. The highest BCUT2D eigenvalue weighted by Crippen LogP contribution is 2.45.